The molecule has 1 unspecified atom stereocenters. The molecule has 1 heterocycles. The second kappa shape index (κ2) is 11.2. The van der Waals surface area contributed by atoms with E-state index in [0.717, 1.165) is 16.5 Å². The van der Waals surface area contributed by atoms with Crippen molar-refractivity contribution in [2.75, 3.05) is 32.7 Å². The number of halogens is 1. The van der Waals surface area contributed by atoms with Crippen LogP contribution in [-0.2, 0) is 31.2 Å². The molecule has 2 aromatic carbocycles. The number of ether oxygens (including phenoxy) is 2. The van der Waals surface area contributed by atoms with E-state index in [-0.39, 0.29) is 18.1 Å². The molecule has 1 atom stereocenters. The maximum atomic E-state index is 13.0. The quantitative estimate of drug-likeness (QED) is 0.310. The van der Waals surface area contributed by atoms with Crippen molar-refractivity contribution in [3.63, 3.8) is 0 Å². The van der Waals surface area contributed by atoms with E-state index in [1.165, 1.54) is 31.4 Å². The van der Waals surface area contributed by atoms with E-state index >= 15 is 0 Å². The molecule has 0 aliphatic carbocycles. The standard InChI is InChI=1S/C24H27ClN2O7S/c1-15-10-19(25)18-12-22(27(2)21(18)11-15)24(30)26-20(13-28)16-4-6-17(7-5-16)35(31,32)14-23(29)34-9-8-33-3/h4-7,10-12,20,28H,8-9,13-14H2,1-3H3,(H,26,30). The van der Waals surface area contributed by atoms with Gasteiger partial charge in [0.05, 0.1) is 34.7 Å². The minimum atomic E-state index is -3.92. The molecular formula is C24H27ClN2O7S. The van der Waals surface area contributed by atoms with E-state index in [9.17, 15) is 23.1 Å². The van der Waals surface area contributed by atoms with E-state index in [0.29, 0.717) is 16.3 Å². The van der Waals surface area contributed by atoms with Crippen LogP contribution in [0.15, 0.2) is 47.4 Å². The fourth-order valence-electron chi connectivity index (χ4n) is 3.63. The Balaban J connectivity index is 1.75. The number of nitrogens with zero attached hydrogens (tertiary/aromatic N) is 1. The molecule has 0 aliphatic heterocycles. The molecule has 0 aliphatic rings. The first kappa shape index (κ1) is 26.7. The van der Waals surface area contributed by atoms with Gasteiger partial charge in [0, 0.05) is 19.5 Å². The van der Waals surface area contributed by atoms with Gasteiger partial charge in [-0.1, -0.05) is 23.7 Å². The van der Waals surface area contributed by atoms with Crippen LogP contribution in [0, 0.1) is 6.92 Å². The Hall–Kier alpha value is -2.92. The summed E-state index contributed by atoms with van der Waals surface area (Å²) in [4.78, 5) is 24.7. The van der Waals surface area contributed by atoms with E-state index in [2.05, 4.69) is 5.32 Å². The number of hydrogen-bond donors (Lipinski definition) is 2. The van der Waals surface area contributed by atoms with E-state index in [4.69, 9.17) is 21.1 Å². The number of aliphatic hydroxyl groups is 1. The Morgan fingerprint density at radius 2 is 1.83 bits per heavy atom. The molecule has 0 saturated heterocycles. The van der Waals surface area contributed by atoms with Gasteiger partial charge in [-0.25, -0.2) is 8.42 Å². The topological polar surface area (TPSA) is 124 Å². The van der Waals surface area contributed by atoms with Crippen LogP contribution in [0.5, 0.6) is 0 Å². The summed E-state index contributed by atoms with van der Waals surface area (Å²) in [5.41, 5.74) is 2.62. The lowest BCUT2D eigenvalue weighted by atomic mass is 10.1. The third kappa shape index (κ3) is 6.21. The SMILES string of the molecule is COCCOC(=O)CS(=O)(=O)c1ccc(C(CO)NC(=O)c2cc3c(Cl)cc(C)cc3n2C)cc1. The van der Waals surface area contributed by atoms with Gasteiger partial charge in [0.15, 0.2) is 15.6 Å². The van der Waals surface area contributed by atoms with Crippen LogP contribution in [0.25, 0.3) is 10.9 Å². The molecule has 1 aromatic heterocycles. The van der Waals surface area contributed by atoms with Crippen LogP contribution < -0.4 is 5.32 Å². The third-order valence-electron chi connectivity index (χ3n) is 5.48. The van der Waals surface area contributed by atoms with Crippen LogP contribution >= 0.6 is 11.6 Å². The number of carbonyl (C=O) groups excluding carboxylic acids is 2. The van der Waals surface area contributed by atoms with Crippen LogP contribution in [0.3, 0.4) is 0 Å². The minimum absolute atomic E-state index is 0.0375. The predicted octanol–water partition coefficient (Wildman–Crippen LogP) is 2.57. The zero-order valence-corrected chi connectivity index (χ0v) is 21.1. The van der Waals surface area contributed by atoms with Gasteiger partial charge in [-0.3, -0.25) is 9.59 Å². The summed E-state index contributed by atoms with van der Waals surface area (Å²) in [7, 11) is -0.733. The lowest BCUT2D eigenvalue weighted by Crippen LogP contribution is -2.32. The highest BCUT2D eigenvalue weighted by molar-refractivity contribution is 7.92. The first-order valence-electron chi connectivity index (χ1n) is 10.7. The highest BCUT2D eigenvalue weighted by Gasteiger charge is 2.23. The number of hydrogen-bond acceptors (Lipinski definition) is 7. The largest absolute Gasteiger partial charge is 0.462 e. The van der Waals surface area contributed by atoms with Crippen molar-refractivity contribution in [1.82, 2.24) is 9.88 Å². The molecule has 2 N–H and O–H groups in total. The van der Waals surface area contributed by atoms with Crippen molar-refractivity contribution in [3.05, 3.63) is 64.3 Å². The number of amides is 1. The van der Waals surface area contributed by atoms with Crippen molar-refractivity contribution in [2.45, 2.75) is 17.9 Å². The van der Waals surface area contributed by atoms with Crippen molar-refractivity contribution in [1.29, 1.82) is 0 Å². The first-order chi connectivity index (χ1) is 16.6. The number of nitrogens with one attached hydrogen (secondary N) is 1. The van der Waals surface area contributed by atoms with Crippen LogP contribution in [0.4, 0.5) is 0 Å². The highest BCUT2D eigenvalue weighted by atomic mass is 35.5. The molecule has 0 radical (unpaired) electrons. The summed E-state index contributed by atoms with van der Waals surface area (Å²) in [5.74, 6) is -2.11. The number of aryl methyl sites for hydroxylation is 2. The molecule has 0 spiro atoms. The minimum Gasteiger partial charge on any atom is -0.462 e. The summed E-state index contributed by atoms with van der Waals surface area (Å²) in [6.07, 6.45) is 0. The van der Waals surface area contributed by atoms with Crippen molar-refractivity contribution >= 4 is 44.2 Å². The zero-order chi connectivity index (χ0) is 25.8. The number of carbonyl (C=O) groups is 2. The molecule has 1 amide bonds. The summed E-state index contributed by atoms with van der Waals surface area (Å²) >= 11 is 6.33. The smallest absolute Gasteiger partial charge is 0.321 e. The lowest BCUT2D eigenvalue weighted by molar-refractivity contribution is -0.141. The van der Waals surface area contributed by atoms with Gasteiger partial charge in [0.25, 0.3) is 5.91 Å². The maximum Gasteiger partial charge on any atom is 0.321 e. The average molecular weight is 523 g/mol. The Morgan fingerprint density at radius 1 is 1.14 bits per heavy atom. The van der Waals surface area contributed by atoms with E-state index in [1.807, 2.05) is 19.1 Å². The Labute approximate surface area is 208 Å². The molecule has 11 heteroatoms. The van der Waals surface area contributed by atoms with Gasteiger partial charge in [0.1, 0.15) is 12.3 Å². The van der Waals surface area contributed by atoms with Crippen molar-refractivity contribution in [2.24, 2.45) is 7.05 Å². The summed E-state index contributed by atoms with van der Waals surface area (Å²) in [6.45, 7) is 1.63. The van der Waals surface area contributed by atoms with Crippen LogP contribution in [-0.4, -0.2) is 62.7 Å². The van der Waals surface area contributed by atoms with Crippen LogP contribution in [0.1, 0.15) is 27.7 Å². The molecule has 188 valence electrons. The highest BCUT2D eigenvalue weighted by Crippen LogP contribution is 2.28. The van der Waals surface area contributed by atoms with Gasteiger partial charge in [-0.2, -0.15) is 0 Å². The average Bonchev–Trinajstić information content (AvgIpc) is 3.14. The second-order valence-corrected chi connectivity index (χ2v) is 10.4. The van der Waals surface area contributed by atoms with E-state index < -0.39 is 40.1 Å². The van der Waals surface area contributed by atoms with Gasteiger partial charge >= 0.3 is 5.97 Å². The number of methoxy groups -OCH3 is 1. The fourth-order valence-corrected chi connectivity index (χ4v) is 5.06. The number of benzene rings is 2. The molecule has 9 nitrogen and oxygen atoms in total. The molecule has 35 heavy (non-hydrogen) atoms. The number of rotatable bonds is 10. The predicted molar refractivity (Wildman–Crippen MR) is 131 cm³/mol. The normalized spacial score (nSPS) is 12.5. The molecule has 0 fully saturated rings. The lowest BCUT2D eigenvalue weighted by Gasteiger charge is -2.17. The molecule has 3 aromatic rings. The molecule has 0 bridgehead atoms. The van der Waals surface area contributed by atoms with Gasteiger partial charge < -0.3 is 24.5 Å². The van der Waals surface area contributed by atoms with Gasteiger partial charge in [-0.05, 0) is 48.4 Å². The zero-order valence-electron chi connectivity index (χ0n) is 19.6. The number of fused-ring (bicyclic) bond motifs is 1. The van der Waals surface area contributed by atoms with E-state index in [1.54, 1.807) is 17.7 Å². The number of aliphatic hydroxyl groups excluding tert-OH is 1. The summed E-state index contributed by atoms with van der Waals surface area (Å²) in [6, 6.07) is 10.2. The molecule has 3 rings (SSSR count). The third-order valence-corrected chi connectivity index (χ3v) is 7.40. The Bertz CT molecular complexity index is 1330. The monoisotopic (exact) mass is 522 g/mol. The Kier molecular flexibility index (Phi) is 8.55. The molecule has 0 saturated carbocycles. The van der Waals surface area contributed by atoms with Gasteiger partial charge in [0.2, 0.25) is 0 Å². The van der Waals surface area contributed by atoms with Crippen molar-refractivity contribution < 1.29 is 32.6 Å². The number of sulfone groups is 1. The molecular weight excluding hydrogens is 496 g/mol. The maximum absolute atomic E-state index is 13.0. The Morgan fingerprint density at radius 3 is 2.46 bits per heavy atom. The number of esters is 1. The van der Waals surface area contributed by atoms with Crippen molar-refractivity contribution in [3.8, 4) is 0 Å². The summed E-state index contributed by atoms with van der Waals surface area (Å²) in [5, 5.41) is 13.9. The summed E-state index contributed by atoms with van der Waals surface area (Å²) < 4.78 is 36.3. The fraction of sp³-hybridized carbons (Fsp3) is 0.333. The first-order valence-corrected chi connectivity index (χ1v) is 12.7. The second-order valence-electron chi connectivity index (χ2n) is 8.02. The van der Waals surface area contributed by atoms with Crippen LogP contribution in [0.2, 0.25) is 5.02 Å². The van der Waals surface area contributed by atoms with Gasteiger partial charge in [-0.15, -0.1) is 0 Å². The number of aromatic nitrogens is 1.